The van der Waals surface area contributed by atoms with Crippen LogP contribution in [0.15, 0.2) is 72.8 Å². The molecule has 0 saturated heterocycles. The Hall–Kier alpha value is -4.66. The number of H-pyrrole nitrogens is 1. The van der Waals surface area contributed by atoms with Crippen molar-refractivity contribution < 1.29 is 19.1 Å². The van der Waals surface area contributed by atoms with Crippen LogP contribution in [0.1, 0.15) is 62.7 Å². The van der Waals surface area contributed by atoms with Crippen LogP contribution in [0.2, 0.25) is 0 Å². The number of nitrogens with one attached hydrogen (secondary N) is 3. The minimum absolute atomic E-state index is 0.0647. The highest BCUT2D eigenvalue weighted by atomic mass is 16.5. The summed E-state index contributed by atoms with van der Waals surface area (Å²) in [6.45, 7) is 1.63. The number of hydrogen-bond donors (Lipinski definition) is 3. The van der Waals surface area contributed by atoms with Gasteiger partial charge in [0.05, 0.1) is 16.7 Å². The Bertz CT molecular complexity index is 1580. The van der Waals surface area contributed by atoms with E-state index in [4.69, 9.17) is 4.74 Å². The molecule has 6 rings (SSSR count). The van der Waals surface area contributed by atoms with Crippen LogP contribution in [0.25, 0.3) is 11.0 Å². The third-order valence-electron chi connectivity index (χ3n) is 8.55. The highest BCUT2D eigenvalue weighted by Gasteiger charge is 2.41. The number of esters is 1. The number of rotatable bonds is 8. The van der Waals surface area contributed by atoms with Crippen LogP contribution in [-0.2, 0) is 25.7 Å². The van der Waals surface area contributed by atoms with Crippen molar-refractivity contribution in [2.45, 2.75) is 58.1 Å². The number of nitrogens with zero attached hydrogens (tertiary/aromatic N) is 2. The van der Waals surface area contributed by atoms with Crippen LogP contribution < -0.4 is 15.5 Å². The second-order valence-electron chi connectivity index (χ2n) is 11.5. The van der Waals surface area contributed by atoms with Gasteiger partial charge in [0.15, 0.2) is 0 Å². The molecule has 0 spiro atoms. The van der Waals surface area contributed by atoms with Gasteiger partial charge in [-0.15, -0.1) is 0 Å². The van der Waals surface area contributed by atoms with Gasteiger partial charge in [0.25, 0.3) is 0 Å². The fourth-order valence-corrected chi connectivity index (χ4v) is 6.44. The van der Waals surface area contributed by atoms with E-state index in [0.717, 1.165) is 53.5 Å². The molecule has 1 saturated carbocycles. The van der Waals surface area contributed by atoms with Crippen molar-refractivity contribution in [2.75, 3.05) is 16.8 Å². The fraction of sp³-hybridized carbons (Fsp3) is 0.353. The average Bonchev–Trinajstić information content (AvgIpc) is 3.39. The van der Waals surface area contributed by atoms with E-state index in [-0.39, 0.29) is 36.2 Å². The Kier molecular flexibility index (Phi) is 8.40. The zero-order valence-electron chi connectivity index (χ0n) is 24.3. The van der Waals surface area contributed by atoms with Gasteiger partial charge in [0, 0.05) is 37.1 Å². The molecule has 2 unspecified atom stereocenters. The Balaban J connectivity index is 1.14. The second kappa shape index (κ2) is 12.7. The van der Waals surface area contributed by atoms with Gasteiger partial charge in [-0.3, -0.25) is 14.4 Å². The third kappa shape index (κ3) is 6.56. The van der Waals surface area contributed by atoms with E-state index in [1.54, 1.807) is 4.90 Å². The van der Waals surface area contributed by atoms with E-state index in [2.05, 4.69) is 20.6 Å². The van der Waals surface area contributed by atoms with Crippen LogP contribution in [0, 0.1) is 11.8 Å². The molecular formula is C34H37N5O4. The monoisotopic (exact) mass is 579 g/mol. The number of amides is 2. The minimum Gasteiger partial charge on any atom is -0.458 e. The molecule has 9 heteroatoms. The Morgan fingerprint density at radius 2 is 1.72 bits per heavy atom. The molecule has 1 fully saturated rings. The molecule has 2 amide bonds. The van der Waals surface area contributed by atoms with Crippen molar-refractivity contribution in [2.24, 2.45) is 11.8 Å². The number of ether oxygens (including phenoxy) is 1. The van der Waals surface area contributed by atoms with Gasteiger partial charge in [0.1, 0.15) is 12.6 Å². The van der Waals surface area contributed by atoms with Gasteiger partial charge in [-0.2, -0.15) is 0 Å². The molecule has 0 radical (unpaired) electrons. The number of imidazole rings is 1. The van der Waals surface area contributed by atoms with Crippen molar-refractivity contribution in [1.82, 2.24) is 15.3 Å². The summed E-state index contributed by atoms with van der Waals surface area (Å²) in [7, 11) is 0. The molecule has 2 aliphatic rings. The molecule has 2 heterocycles. The van der Waals surface area contributed by atoms with Gasteiger partial charge in [-0.05, 0) is 54.7 Å². The smallest absolute Gasteiger partial charge is 0.303 e. The van der Waals surface area contributed by atoms with Crippen molar-refractivity contribution in [3.05, 3.63) is 83.9 Å². The molecule has 222 valence electrons. The van der Waals surface area contributed by atoms with Gasteiger partial charge in [0.2, 0.25) is 17.8 Å². The number of carbonyl (C=O) groups excluding carboxylic acids is 3. The van der Waals surface area contributed by atoms with E-state index < -0.39 is 6.10 Å². The molecule has 1 aliphatic carbocycles. The largest absolute Gasteiger partial charge is 0.458 e. The summed E-state index contributed by atoms with van der Waals surface area (Å²) in [6, 6.07) is 23.1. The van der Waals surface area contributed by atoms with Crippen molar-refractivity contribution in [3.8, 4) is 0 Å². The van der Waals surface area contributed by atoms with E-state index in [0.29, 0.717) is 24.6 Å². The molecular weight excluding hydrogens is 542 g/mol. The number of benzene rings is 3. The van der Waals surface area contributed by atoms with Crippen LogP contribution >= 0.6 is 0 Å². The van der Waals surface area contributed by atoms with E-state index in [1.165, 1.54) is 13.3 Å². The first-order valence-electron chi connectivity index (χ1n) is 15.1. The van der Waals surface area contributed by atoms with Crippen LogP contribution in [0.3, 0.4) is 0 Å². The zero-order chi connectivity index (χ0) is 29.8. The van der Waals surface area contributed by atoms with E-state index in [9.17, 15) is 14.4 Å². The lowest BCUT2D eigenvalue weighted by atomic mass is 9.77. The van der Waals surface area contributed by atoms with Gasteiger partial charge < -0.3 is 25.3 Å². The summed E-state index contributed by atoms with van der Waals surface area (Å²) < 4.78 is 5.76. The van der Waals surface area contributed by atoms with Crippen molar-refractivity contribution >= 4 is 46.1 Å². The number of anilines is 3. The summed E-state index contributed by atoms with van der Waals surface area (Å²) in [5.74, 6) is -0.125. The molecule has 3 N–H and O–H groups in total. The predicted molar refractivity (Wildman–Crippen MR) is 166 cm³/mol. The number of carbonyl (C=O) groups is 3. The lowest BCUT2D eigenvalue weighted by Gasteiger charge is -2.32. The highest BCUT2D eigenvalue weighted by molar-refractivity contribution is 6.01. The van der Waals surface area contributed by atoms with Gasteiger partial charge in [-0.1, -0.05) is 61.7 Å². The molecule has 43 heavy (non-hydrogen) atoms. The number of para-hydroxylation sites is 3. The van der Waals surface area contributed by atoms with Crippen molar-refractivity contribution in [3.63, 3.8) is 0 Å². The molecule has 2 atom stereocenters. The molecule has 9 nitrogen and oxygen atoms in total. The summed E-state index contributed by atoms with van der Waals surface area (Å²) in [4.78, 5) is 48.8. The molecule has 1 aliphatic heterocycles. The average molecular weight is 580 g/mol. The van der Waals surface area contributed by atoms with Gasteiger partial charge >= 0.3 is 5.97 Å². The topological polar surface area (TPSA) is 116 Å². The molecule has 3 aromatic carbocycles. The third-order valence-corrected chi connectivity index (χ3v) is 8.55. The van der Waals surface area contributed by atoms with Crippen molar-refractivity contribution in [1.29, 1.82) is 0 Å². The minimum atomic E-state index is -0.524. The Labute approximate surface area is 251 Å². The number of fused-ring (bicyclic) bond motifs is 2. The first kappa shape index (κ1) is 28.5. The van der Waals surface area contributed by atoms with Crippen LogP contribution in [0.5, 0.6) is 0 Å². The first-order chi connectivity index (χ1) is 20.9. The maximum absolute atomic E-state index is 14.1. The number of aromatic nitrogens is 2. The number of hydrogen-bond acceptors (Lipinski definition) is 6. The maximum atomic E-state index is 14.1. The molecule has 4 aromatic rings. The van der Waals surface area contributed by atoms with E-state index >= 15 is 0 Å². The predicted octanol–water partition coefficient (Wildman–Crippen LogP) is 6.16. The fourth-order valence-electron chi connectivity index (χ4n) is 6.44. The Morgan fingerprint density at radius 3 is 2.49 bits per heavy atom. The lowest BCUT2D eigenvalue weighted by molar-refractivity contribution is -0.148. The summed E-state index contributed by atoms with van der Waals surface area (Å²) in [5, 5.41) is 6.26. The quantitative estimate of drug-likeness (QED) is 0.215. The standard InChI is InChI=1S/C34H37N5O4/c1-22(40)43-31-19-27(24-9-3-2-4-10-24)33(42)39(30-14-8-5-11-26(30)31)21-32(41)35-20-23-15-17-25(18-16-23)36-34-37-28-12-6-7-13-29(28)38-34/h5-8,11-18,24,27,31H,2-4,9-10,19-21H2,1H3,(H,35,41)(H2,36,37,38). The normalized spacial score (nSPS) is 19.0. The summed E-state index contributed by atoms with van der Waals surface area (Å²) in [6.07, 6.45) is 5.21. The highest BCUT2D eigenvalue weighted by Crippen LogP contribution is 2.43. The molecule has 0 bridgehead atoms. The number of aromatic amines is 1. The zero-order valence-corrected chi connectivity index (χ0v) is 24.3. The van der Waals surface area contributed by atoms with Crippen LogP contribution in [0.4, 0.5) is 17.3 Å². The molecule has 1 aromatic heterocycles. The lowest BCUT2D eigenvalue weighted by Crippen LogP contribution is -2.44. The van der Waals surface area contributed by atoms with E-state index in [1.807, 2.05) is 72.8 Å². The first-order valence-corrected chi connectivity index (χ1v) is 15.1. The second-order valence-corrected chi connectivity index (χ2v) is 11.5. The van der Waals surface area contributed by atoms with Gasteiger partial charge in [-0.25, -0.2) is 4.98 Å². The maximum Gasteiger partial charge on any atom is 0.303 e. The summed E-state index contributed by atoms with van der Waals surface area (Å²) >= 11 is 0. The summed E-state index contributed by atoms with van der Waals surface area (Å²) in [5.41, 5.74) is 5.06. The Morgan fingerprint density at radius 1 is 0.977 bits per heavy atom. The van der Waals surface area contributed by atoms with Crippen LogP contribution in [-0.4, -0.2) is 34.3 Å². The SMILES string of the molecule is CC(=O)OC1CC(C2CCCCC2)C(=O)N(CC(=O)NCc2ccc(Nc3nc4ccccc4[nH]3)cc2)c2ccccc21.